The molecule has 0 spiro atoms. The van der Waals surface area contributed by atoms with Gasteiger partial charge in [0, 0.05) is 16.2 Å². The zero-order valence-corrected chi connectivity index (χ0v) is 11.9. The van der Waals surface area contributed by atoms with Crippen molar-refractivity contribution in [1.82, 2.24) is 5.32 Å². The minimum Gasteiger partial charge on any atom is -0.394 e. The molecule has 0 bridgehead atoms. The first-order valence-corrected chi connectivity index (χ1v) is 6.85. The SMILES string of the molecule is CC1CCNC(CO)C(=O)N1c1ccc(Br)cc1. The number of carbonyl (C=O) groups excluding carboxylic acids is 1. The quantitative estimate of drug-likeness (QED) is 0.870. The Kier molecular flexibility index (Phi) is 4.37. The molecular formula is C13H17BrN2O2. The summed E-state index contributed by atoms with van der Waals surface area (Å²) >= 11 is 3.38. The lowest BCUT2D eigenvalue weighted by molar-refractivity contribution is -0.121. The number of aliphatic hydroxyl groups excluding tert-OH is 1. The third kappa shape index (κ3) is 2.74. The Morgan fingerprint density at radius 1 is 1.44 bits per heavy atom. The molecule has 1 aliphatic rings. The number of nitrogens with one attached hydrogen (secondary N) is 1. The smallest absolute Gasteiger partial charge is 0.246 e. The van der Waals surface area contributed by atoms with Gasteiger partial charge in [-0.05, 0) is 44.2 Å². The van der Waals surface area contributed by atoms with Crippen molar-refractivity contribution in [3.05, 3.63) is 28.7 Å². The van der Waals surface area contributed by atoms with E-state index in [9.17, 15) is 9.90 Å². The maximum Gasteiger partial charge on any atom is 0.246 e. The van der Waals surface area contributed by atoms with E-state index in [1.807, 2.05) is 31.2 Å². The maximum atomic E-state index is 12.4. The summed E-state index contributed by atoms with van der Waals surface area (Å²) in [6, 6.07) is 7.29. The van der Waals surface area contributed by atoms with Crippen molar-refractivity contribution in [1.29, 1.82) is 0 Å². The van der Waals surface area contributed by atoms with Crippen LogP contribution in [0.1, 0.15) is 13.3 Å². The third-order valence-corrected chi connectivity index (χ3v) is 3.75. The minimum atomic E-state index is -0.501. The number of nitrogens with zero attached hydrogens (tertiary/aromatic N) is 1. The van der Waals surface area contributed by atoms with E-state index in [1.165, 1.54) is 0 Å². The lowest BCUT2D eigenvalue weighted by atomic mass is 10.1. The van der Waals surface area contributed by atoms with Gasteiger partial charge in [-0.3, -0.25) is 4.79 Å². The van der Waals surface area contributed by atoms with Crippen LogP contribution in [0.4, 0.5) is 5.69 Å². The Balaban J connectivity index is 2.31. The molecular weight excluding hydrogens is 296 g/mol. The zero-order valence-electron chi connectivity index (χ0n) is 10.3. The molecule has 0 radical (unpaired) electrons. The van der Waals surface area contributed by atoms with E-state index < -0.39 is 6.04 Å². The van der Waals surface area contributed by atoms with Gasteiger partial charge < -0.3 is 15.3 Å². The maximum absolute atomic E-state index is 12.4. The summed E-state index contributed by atoms with van der Waals surface area (Å²) in [5.74, 6) is -0.0650. The summed E-state index contributed by atoms with van der Waals surface area (Å²) in [6.45, 7) is 2.60. The molecule has 1 aliphatic heterocycles. The van der Waals surface area contributed by atoms with E-state index in [-0.39, 0.29) is 18.6 Å². The van der Waals surface area contributed by atoms with E-state index in [0.717, 1.165) is 23.1 Å². The highest BCUT2D eigenvalue weighted by atomic mass is 79.9. The normalized spacial score (nSPS) is 25.1. The summed E-state index contributed by atoms with van der Waals surface area (Å²) in [6.07, 6.45) is 0.873. The van der Waals surface area contributed by atoms with Crippen molar-refractivity contribution in [2.75, 3.05) is 18.1 Å². The number of benzene rings is 1. The van der Waals surface area contributed by atoms with Crippen molar-refractivity contribution >= 4 is 27.5 Å². The van der Waals surface area contributed by atoms with Crippen LogP contribution in [-0.4, -0.2) is 36.2 Å². The average Bonchev–Trinajstić information content (AvgIpc) is 2.50. The van der Waals surface area contributed by atoms with E-state index in [2.05, 4.69) is 21.2 Å². The largest absolute Gasteiger partial charge is 0.394 e. The summed E-state index contributed by atoms with van der Waals surface area (Å²) in [7, 11) is 0. The van der Waals surface area contributed by atoms with E-state index >= 15 is 0 Å². The number of halogens is 1. The molecule has 5 heteroatoms. The van der Waals surface area contributed by atoms with E-state index in [4.69, 9.17) is 0 Å². The Labute approximate surface area is 115 Å². The molecule has 2 atom stereocenters. The predicted octanol–water partition coefficient (Wildman–Crippen LogP) is 1.52. The molecule has 98 valence electrons. The second kappa shape index (κ2) is 5.82. The highest BCUT2D eigenvalue weighted by Gasteiger charge is 2.31. The molecule has 2 N–H and O–H groups in total. The Morgan fingerprint density at radius 2 is 2.11 bits per heavy atom. The van der Waals surface area contributed by atoms with Crippen LogP contribution < -0.4 is 10.2 Å². The molecule has 2 unspecified atom stereocenters. The third-order valence-electron chi connectivity index (χ3n) is 3.22. The number of amides is 1. The molecule has 1 heterocycles. The average molecular weight is 313 g/mol. The first-order chi connectivity index (χ1) is 8.63. The van der Waals surface area contributed by atoms with Crippen LogP contribution in [0.2, 0.25) is 0 Å². The molecule has 0 saturated carbocycles. The fourth-order valence-corrected chi connectivity index (χ4v) is 2.46. The number of carbonyl (C=O) groups is 1. The lowest BCUT2D eigenvalue weighted by Crippen LogP contribution is -2.47. The number of rotatable bonds is 2. The molecule has 1 aromatic carbocycles. The summed E-state index contributed by atoms with van der Waals surface area (Å²) in [5.41, 5.74) is 0.873. The molecule has 18 heavy (non-hydrogen) atoms. The summed E-state index contributed by atoms with van der Waals surface area (Å²) < 4.78 is 0.984. The van der Waals surface area contributed by atoms with E-state index in [0.29, 0.717) is 0 Å². The van der Waals surface area contributed by atoms with Crippen molar-refractivity contribution in [2.24, 2.45) is 0 Å². The van der Waals surface area contributed by atoms with E-state index in [1.54, 1.807) is 4.90 Å². The van der Waals surface area contributed by atoms with Gasteiger partial charge >= 0.3 is 0 Å². The highest BCUT2D eigenvalue weighted by molar-refractivity contribution is 9.10. The van der Waals surface area contributed by atoms with Crippen LogP contribution in [0, 0.1) is 0 Å². The first kappa shape index (κ1) is 13.5. The van der Waals surface area contributed by atoms with Gasteiger partial charge in [-0.15, -0.1) is 0 Å². The minimum absolute atomic E-state index is 0.0650. The Hall–Kier alpha value is -0.910. The van der Waals surface area contributed by atoms with Crippen LogP contribution in [0.25, 0.3) is 0 Å². The van der Waals surface area contributed by atoms with Crippen molar-refractivity contribution < 1.29 is 9.90 Å². The van der Waals surface area contributed by atoms with Crippen LogP contribution in [0.15, 0.2) is 28.7 Å². The Bertz CT molecular complexity index is 422. The zero-order chi connectivity index (χ0) is 13.1. The highest BCUT2D eigenvalue weighted by Crippen LogP contribution is 2.23. The van der Waals surface area contributed by atoms with Gasteiger partial charge in [0.2, 0.25) is 5.91 Å². The molecule has 0 aromatic heterocycles. The fourth-order valence-electron chi connectivity index (χ4n) is 2.19. The lowest BCUT2D eigenvalue weighted by Gasteiger charge is -2.28. The number of aliphatic hydroxyl groups is 1. The van der Waals surface area contributed by atoms with Gasteiger partial charge in [0.05, 0.1) is 6.61 Å². The van der Waals surface area contributed by atoms with Crippen molar-refractivity contribution in [2.45, 2.75) is 25.4 Å². The molecule has 1 saturated heterocycles. The van der Waals surface area contributed by atoms with Crippen molar-refractivity contribution in [3.8, 4) is 0 Å². The van der Waals surface area contributed by atoms with Crippen LogP contribution in [0.3, 0.4) is 0 Å². The monoisotopic (exact) mass is 312 g/mol. The summed E-state index contributed by atoms with van der Waals surface area (Å²) in [5, 5.41) is 12.3. The molecule has 1 amide bonds. The standard InChI is InChI=1S/C13H17BrN2O2/c1-9-6-7-15-12(8-17)13(18)16(9)11-4-2-10(14)3-5-11/h2-5,9,12,15,17H,6-8H2,1H3. The van der Waals surface area contributed by atoms with Gasteiger partial charge in [0.1, 0.15) is 6.04 Å². The van der Waals surface area contributed by atoms with Crippen molar-refractivity contribution in [3.63, 3.8) is 0 Å². The molecule has 1 aromatic rings. The Morgan fingerprint density at radius 3 is 2.72 bits per heavy atom. The predicted molar refractivity (Wildman–Crippen MR) is 74.6 cm³/mol. The van der Waals surface area contributed by atoms with Gasteiger partial charge in [0.15, 0.2) is 0 Å². The summed E-state index contributed by atoms with van der Waals surface area (Å²) in [4.78, 5) is 14.1. The molecule has 2 rings (SSSR count). The van der Waals surface area contributed by atoms with Gasteiger partial charge in [-0.25, -0.2) is 0 Å². The topological polar surface area (TPSA) is 52.6 Å². The van der Waals surface area contributed by atoms with Crippen LogP contribution in [-0.2, 0) is 4.79 Å². The molecule has 1 fully saturated rings. The van der Waals surface area contributed by atoms with Crippen LogP contribution in [0.5, 0.6) is 0 Å². The molecule has 0 aliphatic carbocycles. The van der Waals surface area contributed by atoms with Gasteiger partial charge in [0.25, 0.3) is 0 Å². The number of hydrogen-bond acceptors (Lipinski definition) is 3. The molecule has 4 nitrogen and oxygen atoms in total. The first-order valence-electron chi connectivity index (χ1n) is 6.06. The number of hydrogen-bond donors (Lipinski definition) is 2. The van der Waals surface area contributed by atoms with Gasteiger partial charge in [-0.2, -0.15) is 0 Å². The number of anilines is 1. The van der Waals surface area contributed by atoms with Crippen LogP contribution >= 0.6 is 15.9 Å². The second-order valence-corrected chi connectivity index (χ2v) is 5.43. The second-order valence-electron chi connectivity index (χ2n) is 4.51. The fraction of sp³-hybridized carbons (Fsp3) is 0.462. The van der Waals surface area contributed by atoms with Gasteiger partial charge in [-0.1, -0.05) is 15.9 Å².